The second-order valence-electron chi connectivity index (χ2n) is 7.35. The summed E-state index contributed by atoms with van der Waals surface area (Å²) in [6.45, 7) is 3.74. The second kappa shape index (κ2) is 7.17. The first kappa shape index (κ1) is 19.4. The lowest BCUT2D eigenvalue weighted by Crippen LogP contribution is -2.41. The van der Waals surface area contributed by atoms with Crippen molar-refractivity contribution in [2.75, 3.05) is 4.90 Å². The summed E-state index contributed by atoms with van der Waals surface area (Å²) < 4.78 is 5.31. The van der Waals surface area contributed by atoms with E-state index < -0.39 is 11.5 Å². The fourth-order valence-electron chi connectivity index (χ4n) is 3.92. The predicted molar refractivity (Wildman–Crippen MR) is 110 cm³/mol. The van der Waals surface area contributed by atoms with Crippen LogP contribution >= 0.6 is 11.6 Å². The first-order chi connectivity index (χ1) is 13.8. The van der Waals surface area contributed by atoms with Crippen LogP contribution in [0.15, 0.2) is 59.2 Å². The molecule has 0 saturated carbocycles. The van der Waals surface area contributed by atoms with Gasteiger partial charge in [-0.25, -0.2) is 0 Å². The van der Waals surface area contributed by atoms with E-state index >= 15 is 0 Å². The van der Waals surface area contributed by atoms with Gasteiger partial charge in [-0.05, 0) is 43.2 Å². The van der Waals surface area contributed by atoms with Crippen LogP contribution in [0.5, 0.6) is 0 Å². The molecule has 0 fully saturated rings. The number of ketones is 1. The van der Waals surface area contributed by atoms with Crippen molar-refractivity contribution in [3.05, 3.63) is 87.8 Å². The van der Waals surface area contributed by atoms with Crippen molar-refractivity contribution in [2.45, 2.75) is 32.4 Å². The summed E-state index contributed by atoms with van der Waals surface area (Å²) >= 11 is 5.95. The number of aliphatic hydroxyl groups is 1. The van der Waals surface area contributed by atoms with Crippen LogP contribution < -0.4 is 4.90 Å². The Morgan fingerprint density at radius 3 is 2.48 bits per heavy atom. The molecule has 1 aliphatic rings. The lowest BCUT2D eigenvalue weighted by molar-refractivity contribution is -0.136. The van der Waals surface area contributed by atoms with E-state index in [1.54, 1.807) is 50.2 Å². The molecule has 0 unspecified atom stereocenters. The molecule has 0 aliphatic carbocycles. The Bertz CT molecular complexity index is 1080. The average molecular weight is 410 g/mol. The lowest BCUT2D eigenvalue weighted by atomic mass is 9.87. The van der Waals surface area contributed by atoms with E-state index in [9.17, 15) is 14.7 Å². The van der Waals surface area contributed by atoms with Crippen molar-refractivity contribution in [1.29, 1.82) is 0 Å². The van der Waals surface area contributed by atoms with Gasteiger partial charge < -0.3 is 14.4 Å². The molecule has 2 aromatic carbocycles. The fraction of sp³-hybridized carbons (Fsp3) is 0.217. The molecule has 0 radical (unpaired) electrons. The maximum atomic E-state index is 13.3. The Kier molecular flexibility index (Phi) is 4.81. The SMILES string of the molecule is Cc1coc(C)c1C(=O)C[C@@]1(O)C(=O)N(Cc2ccc(Cl)cc2)c2ccccc21. The van der Waals surface area contributed by atoms with E-state index in [1.165, 1.54) is 11.2 Å². The van der Waals surface area contributed by atoms with E-state index in [0.717, 1.165) is 5.56 Å². The van der Waals surface area contributed by atoms with Gasteiger partial charge in [-0.2, -0.15) is 0 Å². The number of halogens is 1. The van der Waals surface area contributed by atoms with Crippen LogP contribution in [0.3, 0.4) is 0 Å². The fourth-order valence-corrected chi connectivity index (χ4v) is 4.04. The zero-order valence-corrected chi connectivity index (χ0v) is 16.9. The number of carbonyl (C=O) groups excluding carboxylic acids is 2. The molecule has 0 spiro atoms. The Balaban J connectivity index is 1.69. The summed E-state index contributed by atoms with van der Waals surface area (Å²) in [7, 11) is 0. The molecule has 5 nitrogen and oxygen atoms in total. The van der Waals surface area contributed by atoms with Crippen molar-refractivity contribution in [1.82, 2.24) is 0 Å². The van der Waals surface area contributed by atoms with Gasteiger partial charge in [0.15, 0.2) is 11.4 Å². The second-order valence-corrected chi connectivity index (χ2v) is 7.78. The van der Waals surface area contributed by atoms with Crippen molar-refractivity contribution < 1.29 is 19.1 Å². The third kappa shape index (κ3) is 3.26. The van der Waals surface area contributed by atoms with Gasteiger partial charge in [-0.3, -0.25) is 9.59 Å². The third-order valence-electron chi connectivity index (χ3n) is 5.35. The molecule has 1 amide bonds. The number of benzene rings is 2. The van der Waals surface area contributed by atoms with Gasteiger partial charge in [-0.1, -0.05) is 41.9 Å². The van der Waals surface area contributed by atoms with Crippen LogP contribution in [-0.4, -0.2) is 16.8 Å². The summed E-state index contributed by atoms with van der Waals surface area (Å²) in [6.07, 6.45) is 1.16. The molecular formula is C23H20ClNO4. The number of nitrogens with zero attached hydrogens (tertiary/aromatic N) is 1. The Morgan fingerprint density at radius 2 is 1.83 bits per heavy atom. The standard InChI is InChI=1S/C23H20ClNO4/c1-14-13-29-15(2)21(14)20(26)11-23(28)18-5-3-4-6-19(18)25(22(23)27)12-16-7-9-17(24)10-8-16/h3-10,13,28H,11-12H2,1-2H3/t23-/m0/s1. The van der Waals surface area contributed by atoms with Crippen LogP contribution in [0, 0.1) is 13.8 Å². The first-order valence-corrected chi connectivity index (χ1v) is 9.65. The highest BCUT2D eigenvalue weighted by Gasteiger charge is 2.51. The van der Waals surface area contributed by atoms with E-state index in [4.69, 9.17) is 16.0 Å². The smallest absolute Gasteiger partial charge is 0.264 e. The summed E-state index contributed by atoms with van der Waals surface area (Å²) in [5.74, 6) is -0.360. The molecule has 0 saturated heterocycles. The zero-order chi connectivity index (χ0) is 20.8. The van der Waals surface area contributed by atoms with Gasteiger partial charge in [0, 0.05) is 10.6 Å². The van der Waals surface area contributed by atoms with E-state index in [1.807, 2.05) is 12.1 Å². The summed E-state index contributed by atoms with van der Waals surface area (Å²) in [5, 5.41) is 12.0. The number of fused-ring (bicyclic) bond motifs is 1. The molecule has 2 heterocycles. The summed E-state index contributed by atoms with van der Waals surface area (Å²) in [5.41, 5.74) is 1.09. The van der Waals surface area contributed by atoms with Gasteiger partial charge >= 0.3 is 0 Å². The lowest BCUT2D eigenvalue weighted by Gasteiger charge is -2.23. The number of amides is 1. The molecule has 1 aromatic heterocycles. The number of aryl methyl sites for hydroxylation is 2. The number of rotatable bonds is 5. The molecule has 29 heavy (non-hydrogen) atoms. The molecular weight excluding hydrogens is 390 g/mol. The summed E-state index contributed by atoms with van der Waals surface area (Å²) in [6, 6.07) is 14.2. The van der Waals surface area contributed by atoms with Crippen molar-refractivity contribution in [3.8, 4) is 0 Å². The van der Waals surface area contributed by atoms with Crippen LogP contribution in [0.2, 0.25) is 5.02 Å². The molecule has 4 rings (SSSR count). The number of Topliss-reactive ketones (excluding diaryl/α,β-unsaturated/α-hetero) is 1. The number of hydrogen-bond donors (Lipinski definition) is 1. The van der Waals surface area contributed by atoms with E-state index in [0.29, 0.717) is 33.2 Å². The zero-order valence-electron chi connectivity index (χ0n) is 16.1. The topological polar surface area (TPSA) is 70.7 Å². The largest absolute Gasteiger partial charge is 0.469 e. The number of furan rings is 1. The normalized spacial score (nSPS) is 18.2. The van der Waals surface area contributed by atoms with Crippen LogP contribution in [0.25, 0.3) is 0 Å². The van der Waals surface area contributed by atoms with Crippen molar-refractivity contribution in [2.24, 2.45) is 0 Å². The third-order valence-corrected chi connectivity index (χ3v) is 5.60. The molecule has 1 atom stereocenters. The highest BCUT2D eigenvalue weighted by Crippen LogP contribution is 2.43. The first-order valence-electron chi connectivity index (χ1n) is 9.27. The van der Waals surface area contributed by atoms with Gasteiger partial charge in [-0.15, -0.1) is 0 Å². The maximum Gasteiger partial charge on any atom is 0.264 e. The minimum atomic E-state index is -1.92. The number of para-hydroxylation sites is 1. The Labute approximate surface area is 173 Å². The monoisotopic (exact) mass is 409 g/mol. The minimum Gasteiger partial charge on any atom is -0.469 e. The molecule has 148 valence electrons. The van der Waals surface area contributed by atoms with Gasteiger partial charge in [0.25, 0.3) is 5.91 Å². The predicted octanol–water partition coefficient (Wildman–Crippen LogP) is 4.56. The van der Waals surface area contributed by atoms with Gasteiger partial charge in [0.05, 0.1) is 30.5 Å². The number of anilines is 1. The molecule has 1 N–H and O–H groups in total. The van der Waals surface area contributed by atoms with E-state index in [2.05, 4.69) is 0 Å². The van der Waals surface area contributed by atoms with Crippen LogP contribution in [-0.2, 0) is 16.9 Å². The Morgan fingerprint density at radius 1 is 1.14 bits per heavy atom. The van der Waals surface area contributed by atoms with Crippen molar-refractivity contribution in [3.63, 3.8) is 0 Å². The van der Waals surface area contributed by atoms with E-state index in [-0.39, 0.29) is 18.7 Å². The van der Waals surface area contributed by atoms with Crippen LogP contribution in [0.1, 0.15) is 39.2 Å². The average Bonchev–Trinajstić information content (AvgIpc) is 3.14. The number of carbonyl (C=O) groups is 2. The highest BCUT2D eigenvalue weighted by atomic mass is 35.5. The highest BCUT2D eigenvalue weighted by molar-refractivity contribution is 6.30. The molecule has 6 heteroatoms. The van der Waals surface area contributed by atoms with Crippen LogP contribution in [0.4, 0.5) is 5.69 Å². The summed E-state index contributed by atoms with van der Waals surface area (Å²) in [4.78, 5) is 27.8. The van der Waals surface area contributed by atoms with Gasteiger partial charge in [0.2, 0.25) is 0 Å². The number of hydrogen-bond acceptors (Lipinski definition) is 4. The quantitative estimate of drug-likeness (QED) is 0.627. The Hall–Kier alpha value is -2.89. The maximum absolute atomic E-state index is 13.3. The minimum absolute atomic E-state index is 0.271. The van der Waals surface area contributed by atoms with Gasteiger partial charge in [0.1, 0.15) is 5.76 Å². The van der Waals surface area contributed by atoms with Crippen molar-refractivity contribution >= 4 is 29.0 Å². The molecule has 0 bridgehead atoms. The molecule has 3 aromatic rings. The molecule has 1 aliphatic heterocycles.